The van der Waals surface area contributed by atoms with Crippen LogP contribution in [0.25, 0.3) is 0 Å². The van der Waals surface area contributed by atoms with Crippen LogP contribution in [0.15, 0.2) is 48.5 Å². The van der Waals surface area contributed by atoms with Crippen molar-refractivity contribution in [3.63, 3.8) is 0 Å². The van der Waals surface area contributed by atoms with Crippen molar-refractivity contribution < 1.29 is 4.74 Å². The molecule has 0 amide bonds. The van der Waals surface area contributed by atoms with E-state index < -0.39 is 0 Å². The van der Waals surface area contributed by atoms with Gasteiger partial charge < -0.3 is 9.64 Å². The second-order valence-corrected chi connectivity index (χ2v) is 8.13. The second-order valence-electron chi connectivity index (χ2n) is 8.13. The lowest BCUT2D eigenvalue weighted by Gasteiger charge is -2.53. The molecule has 0 radical (unpaired) electrons. The maximum atomic E-state index is 5.47. The Kier molecular flexibility index (Phi) is 4.12. The fourth-order valence-electron chi connectivity index (χ4n) is 5.34. The Bertz CT molecular complexity index is 775. The molecule has 136 valence electrons. The van der Waals surface area contributed by atoms with Gasteiger partial charge in [0.15, 0.2) is 0 Å². The number of piperazine rings is 1. The first-order chi connectivity index (χ1) is 12.8. The monoisotopic (exact) mass is 348 g/mol. The average molecular weight is 348 g/mol. The molecule has 3 heterocycles. The molecule has 0 unspecified atom stereocenters. The molecule has 3 atom stereocenters. The summed E-state index contributed by atoms with van der Waals surface area (Å²) in [6, 6.07) is 19.0. The molecule has 3 heteroatoms. The van der Waals surface area contributed by atoms with Crippen LogP contribution < -0.4 is 9.64 Å². The zero-order chi connectivity index (χ0) is 17.5. The molecule has 1 aliphatic carbocycles. The third kappa shape index (κ3) is 2.79. The highest BCUT2D eigenvalue weighted by Crippen LogP contribution is 2.39. The first kappa shape index (κ1) is 16.2. The number of rotatable bonds is 4. The summed E-state index contributed by atoms with van der Waals surface area (Å²) < 4.78 is 5.47. The normalized spacial score (nSPS) is 27.6. The molecule has 0 N–H and O–H groups in total. The van der Waals surface area contributed by atoms with Crippen LogP contribution in [0.4, 0.5) is 5.69 Å². The van der Waals surface area contributed by atoms with E-state index in [1.807, 2.05) is 0 Å². The molecule has 2 bridgehead atoms. The van der Waals surface area contributed by atoms with Gasteiger partial charge in [-0.25, -0.2) is 0 Å². The minimum atomic E-state index is 0.671. The zero-order valence-electron chi connectivity index (χ0n) is 15.6. The topological polar surface area (TPSA) is 15.7 Å². The molecule has 4 aliphatic rings. The standard InChI is InChI=1S/C23H28N2O/c1-26-22-12-9-17-7-8-18(23(17)13-22)14-24-15-21-11-10-20(24)16-25(21)19-5-3-2-4-6-19/h2-6,9,12-13,18,20-21H,7-8,10-11,14-16H2,1H3/t18-,20+,21+/m1/s1. The molecular formula is C23H28N2O. The number of anilines is 1. The van der Waals surface area contributed by atoms with E-state index in [9.17, 15) is 0 Å². The highest BCUT2D eigenvalue weighted by atomic mass is 16.5. The van der Waals surface area contributed by atoms with Gasteiger partial charge in [-0.2, -0.15) is 0 Å². The molecule has 3 fully saturated rings. The van der Waals surface area contributed by atoms with Crippen LogP contribution in [0, 0.1) is 0 Å². The summed E-state index contributed by atoms with van der Waals surface area (Å²) in [5, 5.41) is 0. The summed E-state index contributed by atoms with van der Waals surface area (Å²) in [6.07, 6.45) is 5.21. The molecule has 0 spiro atoms. The Morgan fingerprint density at radius 3 is 2.58 bits per heavy atom. The Morgan fingerprint density at radius 2 is 1.81 bits per heavy atom. The molecule has 2 aromatic rings. The molecule has 3 saturated heterocycles. The number of methoxy groups -OCH3 is 1. The van der Waals surface area contributed by atoms with Crippen molar-refractivity contribution in [3.8, 4) is 5.75 Å². The van der Waals surface area contributed by atoms with Gasteiger partial charge in [-0.1, -0.05) is 24.3 Å². The smallest absolute Gasteiger partial charge is 0.119 e. The van der Waals surface area contributed by atoms with Gasteiger partial charge in [0.25, 0.3) is 0 Å². The number of hydrogen-bond donors (Lipinski definition) is 0. The lowest BCUT2D eigenvalue weighted by atomic mass is 9.88. The van der Waals surface area contributed by atoms with Crippen molar-refractivity contribution in [1.82, 2.24) is 4.90 Å². The average Bonchev–Trinajstić information content (AvgIpc) is 3.11. The van der Waals surface area contributed by atoms with E-state index in [1.165, 1.54) is 62.1 Å². The highest BCUT2D eigenvalue weighted by Gasteiger charge is 2.40. The molecule has 2 aromatic carbocycles. The molecule has 3 aliphatic heterocycles. The van der Waals surface area contributed by atoms with Gasteiger partial charge in [-0.3, -0.25) is 4.90 Å². The third-order valence-corrected chi connectivity index (χ3v) is 6.74. The van der Waals surface area contributed by atoms with E-state index in [4.69, 9.17) is 4.74 Å². The van der Waals surface area contributed by atoms with E-state index in [1.54, 1.807) is 7.11 Å². The number of piperidine rings is 2. The summed E-state index contributed by atoms with van der Waals surface area (Å²) in [5.74, 6) is 1.68. The van der Waals surface area contributed by atoms with Crippen molar-refractivity contribution in [1.29, 1.82) is 0 Å². The van der Waals surface area contributed by atoms with Gasteiger partial charge in [0, 0.05) is 37.4 Å². The van der Waals surface area contributed by atoms with Crippen molar-refractivity contribution in [2.45, 2.75) is 43.7 Å². The zero-order valence-corrected chi connectivity index (χ0v) is 15.6. The maximum absolute atomic E-state index is 5.47. The van der Waals surface area contributed by atoms with Gasteiger partial charge in [0.1, 0.15) is 5.75 Å². The summed E-state index contributed by atoms with van der Waals surface area (Å²) in [7, 11) is 1.77. The summed E-state index contributed by atoms with van der Waals surface area (Å²) in [6.45, 7) is 3.62. The summed E-state index contributed by atoms with van der Waals surface area (Å²) >= 11 is 0. The lowest BCUT2D eigenvalue weighted by Crippen LogP contribution is -2.63. The van der Waals surface area contributed by atoms with Crippen LogP contribution in [-0.2, 0) is 6.42 Å². The van der Waals surface area contributed by atoms with Gasteiger partial charge in [0.05, 0.1) is 7.11 Å². The maximum Gasteiger partial charge on any atom is 0.119 e. The minimum Gasteiger partial charge on any atom is -0.497 e. The summed E-state index contributed by atoms with van der Waals surface area (Å²) in [4.78, 5) is 5.43. The SMILES string of the molecule is COc1ccc2c(c1)[C@@H](CN1C[C@@H]3CC[C@H]1CN3c1ccccc1)CC2. The number of fused-ring (bicyclic) bond motifs is 4. The number of benzene rings is 2. The highest BCUT2D eigenvalue weighted by molar-refractivity contribution is 5.49. The number of para-hydroxylation sites is 1. The first-order valence-corrected chi connectivity index (χ1v) is 10.0. The third-order valence-electron chi connectivity index (χ3n) is 6.74. The van der Waals surface area contributed by atoms with E-state index in [-0.39, 0.29) is 0 Å². The van der Waals surface area contributed by atoms with Crippen molar-refractivity contribution in [3.05, 3.63) is 59.7 Å². The van der Waals surface area contributed by atoms with E-state index in [2.05, 4.69) is 58.3 Å². The Hall–Kier alpha value is -2.00. The van der Waals surface area contributed by atoms with Crippen LogP contribution in [0.2, 0.25) is 0 Å². The van der Waals surface area contributed by atoms with E-state index in [0.717, 1.165) is 5.75 Å². The minimum absolute atomic E-state index is 0.671. The van der Waals surface area contributed by atoms with Crippen LogP contribution in [0.1, 0.15) is 36.3 Å². The van der Waals surface area contributed by atoms with Crippen molar-refractivity contribution in [2.24, 2.45) is 0 Å². The molecular weight excluding hydrogens is 320 g/mol. The Labute approximate surface area is 156 Å². The fourth-order valence-corrected chi connectivity index (χ4v) is 5.34. The number of ether oxygens (including phenoxy) is 1. The van der Waals surface area contributed by atoms with Crippen LogP contribution in [0.3, 0.4) is 0 Å². The number of nitrogens with zero attached hydrogens (tertiary/aromatic N) is 2. The Morgan fingerprint density at radius 1 is 0.962 bits per heavy atom. The Balaban J connectivity index is 1.31. The lowest BCUT2D eigenvalue weighted by molar-refractivity contribution is 0.0894. The first-order valence-electron chi connectivity index (χ1n) is 10.0. The van der Waals surface area contributed by atoms with Crippen LogP contribution in [0.5, 0.6) is 5.75 Å². The number of aryl methyl sites for hydroxylation is 1. The largest absolute Gasteiger partial charge is 0.497 e. The molecule has 0 aromatic heterocycles. The molecule has 26 heavy (non-hydrogen) atoms. The molecule has 6 rings (SSSR count). The van der Waals surface area contributed by atoms with Crippen LogP contribution in [-0.4, -0.2) is 43.7 Å². The molecule has 0 saturated carbocycles. The predicted octanol–water partition coefficient (Wildman–Crippen LogP) is 4.08. The summed E-state index contributed by atoms with van der Waals surface area (Å²) in [5.41, 5.74) is 4.47. The fraction of sp³-hybridized carbons (Fsp3) is 0.478. The van der Waals surface area contributed by atoms with E-state index in [0.29, 0.717) is 18.0 Å². The van der Waals surface area contributed by atoms with Crippen molar-refractivity contribution >= 4 is 5.69 Å². The van der Waals surface area contributed by atoms with Gasteiger partial charge in [-0.15, -0.1) is 0 Å². The van der Waals surface area contributed by atoms with Crippen molar-refractivity contribution in [2.75, 3.05) is 31.6 Å². The van der Waals surface area contributed by atoms with Gasteiger partial charge in [-0.05, 0) is 67.0 Å². The molecule has 3 nitrogen and oxygen atoms in total. The quantitative estimate of drug-likeness (QED) is 0.828. The van der Waals surface area contributed by atoms with Gasteiger partial charge >= 0.3 is 0 Å². The van der Waals surface area contributed by atoms with Crippen LogP contribution >= 0.6 is 0 Å². The second kappa shape index (κ2) is 6.62. The van der Waals surface area contributed by atoms with Gasteiger partial charge in [0.2, 0.25) is 0 Å². The predicted molar refractivity (Wildman–Crippen MR) is 106 cm³/mol. The number of hydrogen-bond acceptors (Lipinski definition) is 3. The van der Waals surface area contributed by atoms with E-state index >= 15 is 0 Å².